The molecule has 70 valence electrons. The van der Waals surface area contributed by atoms with Crippen LogP contribution in [0.5, 0.6) is 0 Å². The summed E-state index contributed by atoms with van der Waals surface area (Å²) in [7, 11) is 2.09. The summed E-state index contributed by atoms with van der Waals surface area (Å²) in [6.07, 6.45) is 4.17. The van der Waals surface area contributed by atoms with Crippen molar-refractivity contribution in [1.29, 1.82) is 0 Å². The van der Waals surface area contributed by atoms with E-state index in [1.807, 2.05) is 0 Å². The van der Waals surface area contributed by atoms with Crippen molar-refractivity contribution in [3.63, 3.8) is 0 Å². The lowest BCUT2D eigenvalue weighted by Crippen LogP contribution is -2.50. The van der Waals surface area contributed by atoms with Crippen LogP contribution >= 0.6 is 0 Å². The Morgan fingerprint density at radius 2 is 2.00 bits per heavy atom. The highest BCUT2D eigenvalue weighted by atomic mass is 15.2. The molecule has 2 heteroatoms. The van der Waals surface area contributed by atoms with Crippen molar-refractivity contribution in [2.75, 3.05) is 20.1 Å². The molecule has 2 rings (SSSR count). The van der Waals surface area contributed by atoms with E-state index in [-0.39, 0.29) is 0 Å². The van der Waals surface area contributed by atoms with Crippen molar-refractivity contribution >= 4 is 0 Å². The Hall–Kier alpha value is -0.0800. The van der Waals surface area contributed by atoms with Gasteiger partial charge in [-0.1, -0.05) is 6.92 Å². The summed E-state index contributed by atoms with van der Waals surface area (Å²) in [6, 6.07) is 1.70. The fourth-order valence-corrected chi connectivity index (χ4v) is 2.60. The molecule has 1 aliphatic heterocycles. The van der Waals surface area contributed by atoms with E-state index in [0.717, 1.165) is 18.0 Å². The lowest BCUT2D eigenvalue weighted by molar-refractivity contribution is 0.0642. The predicted molar refractivity (Wildman–Crippen MR) is 51.2 cm³/mol. The Balaban J connectivity index is 1.76. The number of likely N-dealkylation sites (tertiary alicyclic amines) is 1. The summed E-state index contributed by atoms with van der Waals surface area (Å²) in [5, 5.41) is 3.38. The molecule has 2 unspecified atom stereocenters. The second-order valence-corrected chi connectivity index (χ2v) is 4.51. The minimum Gasteiger partial charge on any atom is -0.317 e. The maximum absolute atomic E-state index is 3.38. The van der Waals surface area contributed by atoms with Gasteiger partial charge < -0.3 is 5.32 Å². The first-order valence-corrected chi connectivity index (χ1v) is 5.21. The average molecular weight is 168 g/mol. The zero-order valence-corrected chi connectivity index (χ0v) is 8.21. The molecular weight excluding hydrogens is 148 g/mol. The smallest absolute Gasteiger partial charge is 0.0111 e. The Bertz CT molecular complexity index is 152. The van der Waals surface area contributed by atoms with Crippen molar-refractivity contribution in [2.24, 2.45) is 5.92 Å². The van der Waals surface area contributed by atoms with Crippen LogP contribution in [0.1, 0.15) is 26.2 Å². The maximum Gasteiger partial charge on any atom is 0.0111 e. The highest BCUT2D eigenvalue weighted by Crippen LogP contribution is 2.29. The van der Waals surface area contributed by atoms with Crippen molar-refractivity contribution < 1.29 is 0 Å². The Labute approximate surface area is 75.3 Å². The normalized spacial score (nSPS) is 38.5. The van der Waals surface area contributed by atoms with Gasteiger partial charge in [-0.05, 0) is 32.2 Å². The van der Waals surface area contributed by atoms with Crippen molar-refractivity contribution in [1.82, 2.24) is 10.2 Å². The second-order valence-electron chi connectivity index (χ2n) is 4.51. The molecule has 0 spiro atoms. The van der Waals surface area contributed by atoms with Crippen LogP contribution in [0.3, 0.4) is 0 Å². The zero-order chi connectivity index (χ0) is 8.55. The van der Waals surface area contributed by atoms with Crippen LogP contribution in [-0.2, 0) is 0 Å². The quantitative estimate of drug-likeness (QED) is 0.663. The molecule has 2 fully saturated rings. The molecule has 0 aromatic heterocycles. The first-order valence-electron chi connectivity index (χ1n) is 5.21. The Morgan fingerprint density at radius 3 is 2.50 bits per heavy atom. The van der Waals surface area contributed by atoms with E-state index in [9.17, 15) is 0 Å². The summed E-state index contributed by atoms with van der Waals surface area (Å²) in [6.45, 7) is 5.04. The molecular formula is C10H20N2. The fraction of sp³-hybridized carbons (Fsp3) is 1.00. The van der Waals surface area contributed by atoms with Crippen LogP contribution in [0.4, 0.5) is 0 Å². The molecule has 0 aromatic rings. The van der Waals surface area contributed by atoms with Crippen molar-refractivity contribution in [3.8, 4) is 0 Å². The van der Waals surface area contributed by atoms with E-state index in [0.29, 0.717) is 0 Å². The molecule has 1 N–H and O–H groups in total. The van der Waals surface area contributed by atoms with Gasteiger partial charge in [0, 0.05) is 25.2 Å². The van der Waals surface area contributed by atoms with Gasteiger partial charge in [-0.2, -0.15) is 0 Å². The lowest BCUT2D eigenvalue weighted by atomic mass is 9.99. The molecule has 0 amide bonds. The molecule has 0 aromatic carbocycles. The number of rotatable bonds is 2. The van der Waals surface area contributed by atoms with Crippen LogP contribution in [0.2, 0.25) is 0 Å². The molecule has 1 aliphatic carbocycles. The van der Waals surface area contributed by atoms with Gasteiger partial charge in [0.05, 0.1) is 0 Å². The van der Waals surface area contributed by atoms with Gasteiger partial charge in [0.25, 0.3) is 0 Å². The zero-order valence-electron chi connectivity index (χ0n) is 8.21. The summed E-state index contributed by atoms with van der Waals surface area (Å²) in [5.74, 6) is 0.957. The average Bonchev–Trinajstić information content (AvgIpc) is 2.46. The molecule has 1 saturated heterocycles. The van der Waals surface area contributed by atoms with Gasteiger partial charge in [-0.15, -0.1) is 0 Å². The highest BCUT2D eigenvalue weighted by Gasteiger charge is 2.33. The van der Waals surface area contributed by atoms with E-state index in [1.54, 1.807) is 0 Å². The van der Waals surface area contributed by atoms with Crippen molar-refractivity contribution in [3.05, 3.63) is 0 Å². The molecule has 12 heavy (non-hydrogen) atoms. The Kier molecular flexibility index (Phi) is 2.37. The third-order valence-electron chi connectivity index (χ3n) is 3.42. The van der Waals surface area contributed by atoms with E-state index in [2.05, 4.69) is 24.2 Å². The summed E-state index contributed by atoms with van der Waals surface area (Å²) >= 11 is 0. The molecule has 2 aliphatic rings. The van der Waals surface area contributed by atoms with E-state index >= 15 is 0 Å². The first kappa shape index (κ1) is 8.52. The van der Waals surface area contributed by atoms with Crippen LogP contribution in [0.15, 0.2) is 0 Å². The van der Waals surface area contributed by atoms with E-state index < -0.39 is 0 Å². The summed E-state index contributed by atoms with van der Waals surface area (Å²) in [4.78, 5) is 2.65. The van der Waals surface area contributed by atoms with Crippen LogP contribution in [-0.4, -0.2) is 37.1 Å². The van der Waals surface area contributed by atoms with Gasteiger partial charge in [-0.25, -0.2) is 0 Å². The molecule has 2 atom stereocenters. The minimum atomic E-state index is 0.797. The van der Waals surface area contributed by atoms with Gasteiger partial charge in [0.1, 0.15) is 0 Å². The van der Waals surface area contributed by atoms with Gasteiger partial charge in [0.2, 0.25) is 0 Å². The van der Waals surface area contributed by atoms with Gasteiger partial charge >= 0.3 is 0 Å². The second kappa shape index (κ2) is 3.35. The highest BCUT2D eigenvalue weighted by molar-refractivity contribution is 4.90. The topological polar surface area (TPSA) is 15.3 Å². The van der Waals surface area contributed by atoms with E-state index in [4.69, 9.17) is 0 Å². The number of nitrogens with zero attached hydrogens (tertiary/aromatic N) is 1. The third-order valence-corrected chi connectivity index (χ3v) is 3.42. The maximum atomic E-state index is 3.38. The van der Waals surface area contributed by atoms with Gasteiger partial charge in [0.15, 0.2) is 0 Å². The SMILES string of the molecule is CNC1CCC(N2CC(C)C2)C1. The largest absolute Gasteiger partial charge is 0.317 e. The monoisotopic (exact) mass is 168 g/mol. The number of hydrogen-bond acceptors (Lipinski definition) is 2. The first-order chi connectivity index (χ1) is 5.79. The number of nitrogens with one attached hydrogen (secondary N) is 1. The summed E-state index contributed by atoms with van der Waals surface area (Å²) in [5.41, 5.74) is 0. The summed E-state index contributed by atoms with van der Waals surface area (Å²) < 4.78 is 0. The molecule has 0 bridgehead atoms. The molecule has 1 saturated carbocycles. The molecule has 2 nitrogen and oxygen atoms in total. The molecule has 0 radical (unpaired) electrons. The van der Waals surface area contributed by atoms with E-state index in [1.165, 1.54) is 32.4 Å². The third kappa shape index (κ3) is 1.50. The predicted octanol–water partition coefficient (Wildman–Crippen LogP) is 1.08. The minimum absolute atomic E-state index is 0.797. The fourth-order valence-electron chi connectivity index (χ4n) is 2.60. The lowest BCUT2D eigenvalue weighted by Gasteiger charge is -2.41. The van der Waals surface area contributed by atoms with Gasteiger partial charge in [-0.3, -0.25) is 4.90 Å². The van der Waals surface area contributed by atoms with Crippen LogP contribution in [0.25, 0.3) is 0 Å². The van der Waals surface area contributed by atoms with Crippen molar-refractivity contribution in [2.45, 2.75) is 38.3 Å². The number of hydrogen-bond donors (Lipinski definition) is 1. The Morgan fingerprint density at radius 1 is 1.25 bits per heavy atom. The molecule has 1 heterocycles. The standard InChI is InChI=1S/C10H20N2/c1-8-6-12(7-8)10-4-3-9(5-10)11-2/h8-11H,3-7H2,1-2H3. The van der Waals surface area contributed by atoms with Crippen LogP contribution < -0.4 is 5.32 Å². The van der Waals surface area contributed by atoms with Crippen LogP contribution in [0, 0.1) is 5.92 Å².